The monoisotopic (exact) mass is 307 g/mol. The Kier molecular flexibility index (Phi) is 3.88. The third kappa shape index (κ3) is 3.44. The number of benzene rings is 2. The van der Waals surface area contributed by atoms with E-state index in [1.165, 1.54) is 12.4 Å². The van der Waals surface area contributed by atoms with Crippen molar-refractivity contribution in [2.75, 3.05) is 5.32 Å². The molecule has 3 rings (SSSR count). The van der Waals surface area contributed by atoms with Crippen molar-refractivity contribution in [2.24, 2.45) is 0 Å². The Hall–Kier alpha value is -3.41. The Balaban J connectivity index is 1.89. The fourth-order valence-corrected chi connectivity index (χ4v) is 2.09. The van der Waals surface area contributed by atoms with Gasteiger partial charge in [-0.25, -0.2) is 14.8 Å². The molecule has 3 aromatic rings. The zero-order chi connectivity index (χ0) is 16.2. The first-order valence-electron chi connectivity index (χ1n) is 6.84. The summed E-state index contributed by atoms with van der Waals surface area (Å²) in [6.07, 6.45) is 1.41. The molecule has 1 aromatic heterocycles. The van der Waals surface area contributed by atoms with Gasteiger partial charge in [-0.3, -0.25) is 0 Å². The van der Waals surface area contributed by atoms with Crippen LogP contribution in [0.15, 0.2) is 60.9 Å². The Bertz CT molecular complexity index is 848. The lowest BCUT2D eigenvalue weighted by molar-refractivity contribution is 0.0697. The number of anilines is 2. The molecule has 0 spiro atoms. The minimum Gasteiger partial charge on any atom is -0.508 e. The second kappa shape index (κ2) is 6.15. The van der Waals surface area contributed by atoms with Crippen molar-refractivity contribution in [1.82, 2.24) is 9.97 Å². The number of hydrogen-bond acceptors (Lipinski definition) is 5. The van der Waals surface area contributed by atoms with Crippen molar-refractivity contribution in [2.45, 2.75) is 0 Å². The molecule has 0 aliphatic heterocycles. The van der Waals surface area contributed by atoms with E-state index in [4.69, 9.17) is 5.11 Å². The Morgan fingerprint density at radius 1 is 1.00 bits per heavy atom. The summed E-state index contributed by atoms with van der Waals surface area (Å²) in [6, 6.07) is 14.9. The maximum Gasteiger partial charge on any atom is 0.335 e. The van der Waals surface area contributed by atoms with Gasteiger partial charge in [0.15, 0.2) is 0 Å². The maximum absolute atomic E-state index is 11.1. The number of phenolic OH excluding ortho intramolecular Hbond substituents is 1. The van der Waals surface area contributed by atoms with Gasteiger partial charge in [0.1, 0.15) is 17.9 Å². The largest absolute Gasteiger partial charge is 0.508 e. The van der Waals surface area contributed by atoms with Crippen LogP contribution < -0.4 is 5.32 Å². The number of phenols is 1. The van der Waals surface area contributed by atoms with Gasteiger partial charge in [-0.05, 0) is 36.4 Å². The molecule has 0 amide bonds. The summed E-state index contributed by atoms with van der Waals surface area (Å²) < 4.78 is 0. The molecule has 0 saturated carbocycles. The average molecular weight is 307 g/mol. The molecule has 3 N–H and O–H groups in total. The first kappa shape index (κ1) is 14.5. The van der Waals surface area contributed by atoms with E-state index >= 15 is 0 Å². The molecular formula is C17H13N3O3. The summed E-state index contributed by atoms with van der Waals surface area (Å²) in [6.45, 7) is 0. The minimum absolute atomic E-state index is 0.185. The summed E-state index contributed by atoms with van der Waals surface area (Å²) in [5.74, 6) is -0.228. The molecule has 0 aliphatic rings. The fourth-order valence-electron chi connectivity index (χ4n) is 2.09. The van der Waals surface area contributed by atoms with Gasteiger partial charge in [0.25, 0.3) is 0 Å². The quantitative estimate of drug-likeness (QED) is 0.640. The average Bonchev–Trinajstić information content (AvgIpc) is 2.57. The van der Waals surface area contributed by atoms with Crippen LogP contribution in [0.1, 0.15) is 10.4 Å². The molecule has 0 fully saturated rings. The van der Waals surface area contributed by atoms with E-state index in [1.807, 2.05) is 0 Å². The van der Waals surface area contributed by atoms with E-state index in [0.29, 0.717) is 17.1 Å². The van der Waals surface area contributed by atoms with E-state index in [2.05, 4.69) is 15.3 Å². The number of aromatic hydroxyl groups is 1. The number of nitrogens with one attached hydrogen (secondary N) is 1. The Morgan fingerprint density at radius 3 is 2.52 bits per heavy atom. The highest BCUT2D eigenvalue weighted by Crippen LogP contribution is 2.23. The molecule has 6 nitrogen and oxygen atoms in total. The van der Waals surface area contributed by atoms with Crippen LogP contribution in [0.3, 0.4) is 0 Å². The Morgan fingerprint density at radius 2 is 1.78 bits per heavy atom. The van der Waals surface area contributed by atoms with Gasteiger partial charge in [-0.2, -0.15) is 0 Å². The molecule has 0 atom stereocenters. The highest BCUT2D eigenvalue weighted by atomic mass is 16.4. The molecule has 0 unspecified atom stereocenters. The number of aromatic carboxylic acids is 1. The second-order valence-electron chi connectivity index (χ2n) is 4.85. The number of aromatic nitrogens is 2. The number of carboxylic acids is 1. The van der Waals surface area contributed by atoms with Crippen LogP contribution in [-0.4, -0.2) is 26.2 Å². The van der Waals surface area contributed by atoms with Crippen molar-refractivity contribution in [3.8, 4) is 17.0 Å². The smallest absolute Gasteiger partial charge is 0.335 e. The van der Waals surface area contributed by atoms with Crippen LogP contribution in [0.4, 0.5) is 11.5 Å². The molecule has 0 aliphatic carbocycles. The third-order valence-corrected chi connectivity index (χ3v) is 3.21. The second-order valence-corrected chi connectivity index (χ2v) is 4.85. The molecule has 1 heterocycles. The van der Waals surface area contributed by atoms with Gasteiger partial charge in [-0.1, -0.05) is 12.1 Å². The highest BCUT2D eigenvalue weighted by molar-refractivity contribution is 5.89. The Labute approximate surface area is 132 Å². The lowest BCUT2D eigenvalue weighted by Gasteiger charge is -2.07. The molecule has 23 heavy (non-hydrogen) atoms. The normalized spacial score (nSPS) is 10.3. The van der Waals surface area contributed by atoms with Crippen LogP contribution in [-0.2, 0) is 0 Å². The number of nitrogens with zero attached hydrogens (tertiary/aromatic N) is 2. The van der Waals surface area contributed by atoms with Gasteiger partial charge in [-0.15, -0.1) is 0 Å². The van der Waals surface area contributed by atoms with E-state index in [0.717, 1.165) is 5.69 Å². The summed E-state index contributed by atoms with van der Waals surface area (Å²) in [5.41, 5.74) is 2.28. The lowest BCUT2D eigenvalue weighted by atomic mass is 10.1. The number of carbonyl (C=O) groups is 1. The first-order chi connectivity index (χ1) is 11.1. The molecule has 0 radical (unpaired) electrons. The van der Waals surface area contributed by atoms with Crippen LogP contribution >= 0.6 is 0 Å². The van der Waals surface area contributed by atoms with Gasteiger partial charge in [0.05, 0.1) is 11.3 Å². The van der Waals surface area contributed by atoms with Crippen molar-refractivity contribution < 1.29 is 15.0 Å². The summed E-state index contributed by atoms with van der Waals surface area (Å²) in [5, 5.41) is 21.4. The summed E-state index contributed by atoms with van der Waals surface area (Å²) in [7, 11) is 0. The topological polar surface area (TPSA) is 95.3 Å². The molecule has 6 heteroatoms. The fraction of sp³-hybridized carbons (Fsp3) is 0. The first-order valence-corrected chi connectivity index (χ1v) is 6.84. The van der Waals surface area contributed by atoms with Crippen molar-refractivity contribution in [3.63, 3.8) is 0 Å². The third-order valence-electron chi connectivity index (χ3n) is 3.21. The van der Waals surface area contributed by atoms with Gasteiger partial charge >= 0.3 is 5.97 Å². The predicted octanol–water partition coefficient (Wildman–Crippen LogP) is 3.29. The molecule has 114 valence electrons. The standard InChI is InChI=1S/C17H13N3O3/c21-14-6-4-13(5-7-14)20-16-9-15(18-10-19-16)11-2-1-3-12(8-11)17(22)23/h1-10,21H,(H,22,23)(H,18,19,20). The van der Waals surface area contributed by atoms with Gasteiger partial charge < -0.3 is 15.5 Å². The van der Waals surface area contributed by atoms with Crippen LogP contribution in [0, 0.1) is 0 Å². The minimum atomic E-state index is -0.983. The van der Waals surface area contributed by atoms with Crippen molar-refractivity contribution >= 4 is 17.5 Å². The highest BCUT2D eigenvalue weighted by Gasteiger charge is 2.07. The van der Waals surface area contributed by atoms with Gasteiger partial charge in [0, 0.05) is 17.3 Å². The van der Waals surface area contributed by atoms with E-state index in [-0.39, 0.29) is 11.3 Å². The molecule has 0 bridgehead atoms. The lowest BCUT2D eigenvalue weighted by Crippen LogP contribution is -1.98. The number of hydrogen-bond donors (Lipinski definition) is 3. The SMILES string of the molecule is O=C(O)c1cccc(-c2cc(Nc3ccc(O)cc3)ncn2)c1. The van der Waals surface area contributed by atoms with E-state index in [1.54, 1.807) is 48.5 Å². The molecule has 0 saturated heterocycles. The van der Waals surface area contributed by atoms with E-state index in [9.17, 15) is 9.90 Å². The van der Waals surface area contributed by atoms with Gasteiger partial charge in [0.2, 0.25) is 0 Å². The number of rotatable bonds is 4. The van der Waals surface area contributed by atoms with Crippen LogP contribution in [0.5, 0.6) is 5.75 Å². The zero-order valence-corrected chi connectivity index (χ0v) is 12.0. The predicted molar refractivity (Wildman–Crippen MR) is 85.8 cm³/mol. The van der Waals surface area contributed by atoms with Crippen molar-refractivity contribution in [3.05, 3.63) is 66.5 Å². The van der Waals surface area contributed by atoms with Crippen LogP contribution in [0.2, 0.25) is 0 Å². The zero-order valence-electron chi connectivity index (χ0n) is 12.0. The van der Waals surface area contributed by atoms with E-state index < -0.39 is 5.97 Å². The maximum atomic E-state index is 11.1. The summed E-state index contributed by atoms with van der Waals surface area (Å²) in [4.78, 5) is 19.4. The summed E-state index contributed by atoms with van der Waals surface area (Å²) >= 11 is 0. The number of carboxylic acid groups (broad SMARTS) is 1. The van der Waals surface area contributed by atoms with Crippen LogP contribution in [0.25, 0.3) is 11.3 Å². The molecular weight excluding hydrogens is 294 g/mol. The van der Waals surface area contributed by atoms with Crippen molar-refractivity contribution in [1.29, 1.82) is 0 Å². The molecule has 2 aromatic carbocycles.